The van der Waals surface area contributed by atoms with E-state index in [1.54, 1.807) is 7.11 Å². The van der Waals surface area contributed by atoms with Crippen LogP contribution in [0.25, 0.3) is 5.57 Å². The lowest BCUT2D eigenvalue weighted by Gasteiger charge is -2.39. The predicted octanol–water partition coefficient (Wildman–Crippen LogP) is 7.25. The number of methoxy groups -OCH3 is 2. The molecule has 2 saturated carbocycles. The van der Waals surface area contributed by atoms with E-state index in [1.165, 1.54) is 24.0 Å². The van der Waals surface area contributed by atoms with Gasteiger partial charge in [-0.3, -0.25) is 4.79 Å². The van der Waals surface area contributed by atoms with Crippen LogP contribution in [0.2, 0.25) is 0 Å². The molecule has 0 unspecified atom stereocenters. The van der Waals surface area contributed by atoms with Crippen LogP contribution in [-0.2, 0) is 14.3 Å². The zero-order valence-electron chi connectivity index (χ0n) is 22.2. The summed E-state index contributed by atoms with van der Waals surface area (Å²) in [6.07, 6.45) is 13.5. The first-order chi connectivity index (χ1) is 16.7. The highest BCUT2D eigenvalue weighted by Crippen LogP contribution is 2.44. The summed E-state index contributed by atoms with van der Waals surface area (Å²) in [5.74, 6) is 0.583. The molecule has 0 spiro atoms. The highest BCUT2D eigenvalue weighted by atomic mass is 32.1. The van der Waals surface area contributed by atoms with Crippen LogP contribution in [0.4, 0.5) is 5.69 Å². The Labute approximate surface area is 215 Å². The molecule has 0 saturated heterocycles. The highest BCUT2D eigenvalue weighted by Gasteiger charge is 2.38. The van der Waals surface area contributed by atoms with Gasteiger partial charge in [-0.25, -0.2) is 4.79 Å². The lowest BCUT2D eigenvalue weighted by Crippen LogP contribution is -2.47. The number of carbonyl (C=O) groups is 2. The minimum atomic E-state index is -0.339. The van der Waals surface area contributed by atoms with Crippen LogP contribution in [0.1, 0.15) is 106 Å². The van der Waals surface area contributed by atoms with E-state index < -0.39 is 0 Å². The van der Waals surface area contributed by atoms with Gasteiger partial charge in [-0.05, 0) is 93.6 Å². The van der Waals surface area contributed by atoms with Crippen LogP contribution in [0, 0.1) is 17.3 Å². The Morgan fingerprint density at radius 1 is 1.03 bits per heavy atom. The number of amides is 1. The first-order valence-electron chi connectivity index (χ1n) is 13.5. The van der Waals surface area contributed by atoms with Crippen LogP contribution in [0.3, 0.4) is 0 Å². The molecule has 0 bridgehead atoms. The topological polar surface area (TPSA) is 55.8 Å². The van der Waals surface area contributed by atoms with Crippen LogP contribution < -0.4 is 4.90 Å². The second-order valence-electron chi connectivity index (χ2n) is 11.7. The number of allylic oxidation sites excluding steroid dienone is 2. The fourth-order valence-corrected chi connectivity index (χ4v) is 7.13. The molecule has 3 aliphatic rings. The third-order valence-corrected chi connectivity index (χ3v) is 9.76. The van der Waals surface area contributed by atoms with E-state index in [4.69, 9.17) is 9.47 Å². The molecule has 3 aliphatic carbocycles. The van der Waals surface area contributed by atoms with Gasteiger partial charge in [0.2, 0.25) is 5.91 Å². The smallest absolute Gasteiger partial charge is 0.350 e. The molecule has 1 heterocycles. The Kier molecular flexibility index (Phi) is 8.42. The van der Waals surface area contributed by atoms with E-state index in [-0.39, 0.29) is 29.9 Å². The average molecular weight is 502 g/mol. The molecular weight excluding hydrogens is 458 g/mol. The van der Waals surface area contributed by atoms with Gasteiger partial charge >= 0.3 is 5.97 Å². The molecule has 194 valence electrons. The Morgan fingerprint density at radius 2 is 1.71 bits per heavy atom. The zero-order valence-corrected chi connectivity index (χ0v) is 23.0. The number of nitrogens with zero attached hydrogens (tertiary/aromatic N) is 1. The molecular formula is C29H43NO4S. The van der Waals surface area contributed by atoms with Crippen molar-refractivity contribution in [2.24, 2.45) is 17.3 Å². The second kappa shape index (κ2) is 11.2. The van der Waals surface area contributed by atoms with E-state index in [9.17, 15) is 9.59 Å². The molecule has 35 heavy (non-hydrogen) atoms. The molecule has 6 heteroatoms. The first-order valence-corrected chi connectivity index (χ1v) is 14.3. The minimum absolute atomic E-state index is 0.0369. The molecule has 5 nitrogen and oxygen atoms in total. The molecule has 0 aromatic carbocycles. The standard InChI is InChI=1S/C29H43NO4S/c1-19-6-8-21(9-7-19)27(31)30(22-10-12-23(33-4)13-11-22)24-18-25(35-26(24)28(32)34-5)20-14-16-29(2,3)17-15-20/h14,18-19,21-23H,6-13,15-17H2,1-5H3/t19-,21-,22-,23-. The Bertz CT molecular complexity index is 932. The molecule has 1 aromatic rings. The van der Waals surface area contributed by atoms with Gasteiger partial charge in [0.15, 0.2) is 0 Å². The van der Waals surface area contributed by atoms with E-state index in [0.29, 0.717) is 16.2 Å². The van der Waals surface area contributed by atoms with Gasteiger partial charge in [0.25, 0.3) is 0 Å². The van der Waals surface area contributed by atoms with Gasteiger partial charge < -0.3 is 14.4 Å². The quantitative estimate of drug-likeness (QED) is 0.385. The van der Waals surface area contributed by atoms with Crippen LogP contribution in [-0.4, -0.2) is 38.2 Å². The van der Waals surface area contributed by atoms with E-state index >= 15 is 0 Å². The summed E-state index contributed by atoms with van der Waals surface area (Å²) in [7, 11) is 3.21. The van der Waals surface area contributed by atoms with Crippen molar-refractivity contribution < 1.29 is 19.1 Å². The molecule has 0 radical (unpaired) electrons. The van der Waals surface area contributed by atoms with Crippen molar-refractivity contribution in [2.45, 2.75) is 104 Å². The van der Waals surface area contributed by atoms with Gasteiger partial charge in [-0.2, -0.15) is 0 Å². The maximum atomic E-state index is 14.1. The van der Waals surface area contributed by atoms with E-state index in [0.717, 1.165) is 81.2 Å². The Balaban J connectivity index is 1.71. The summed E-state index contributed by atoms with van der Waals surface area (Å²) >= 11 is 1.50. The lowest BCUT2D eigenvalue weighted by atomic mass is 9.78. The van der Waals surface area contributed by atoms with Crippen molar-refractivity contribution in [3.05, 3.63) is 21.9 Å². The van der Waals surface area contributed by atoms with Crippen LogP contribution in [0.5, 0.6) is 0 Å². The zero-order chi connectivity index (χ0) is 25.2. The average Bonchev–Trinajstić information content (AvgIpc) is 3.29. The van der Waals surface area contributed by atoms with Crippen molar-refractivity contribution in [1.29, 1.82) is 0 Å². The number of anilines is 1. The number of carbonyl (C=O) groups excluding carboxylic acids is 2. The second-order valence-corrected chi connectivity index (χ2v) is 12.8. The molecule has 0 N–H and O–H groups in total. The maximum absolute atomic E-state index is 14.1. The third kappa shape index (κ3) is 6.02. The van der Waals surface area contributed by atoms with Crippen molar-refractivity contribution in [1.82, 2.24) is 0 Å². The summed E-state index contributed by atoms with van der Waals surface area (Å²) in [4.78, 5) is 30.8. The molecule has 0 atom stereocenters. The SMILES string of the molecule is COC(=O)c1sc(C2=CCC(C)(C)CC2)cc1N(C(=O)[C@H]1CC[C@H](C)CC1)[C@H]1CC[C@H](OC)CC1. The Morgan fingerprint density at radius 3 is 2.29 bits per heavy atom. The summed E-state index contributed by atoms with van der Waals surface area (Å²) in [6.45, 7) is 6.90. The van der Waals surface area contributed by atoms with Crippen molar-refractivity contribution in [3.8, 4) is 0 Å². The summed E-state index contributed by atoms with van der Waals surface area (Å²) < 4.78 is 10.8. The summed E-state index contributed by atoms with van der Waals surface area (Å²) in [6, 6.07) is 2.21. The van der Waals surface area contributed by atoms with Gasteiger partial charge in [0.05, 0.1) is 18.9 Å². The number of ether oxygens (including phenoxy) is 2. The van der Waals surface area contributed by atoms with E-state index in [1.807, 2.05) is 4.90 Å². The van der Waals surface area contributed by atoms with Crippen LogP contribution >= 0.6 is 11.3 Å². The normalized spacial score (nSPS) is 28.8. The molecule has 4 rings (SSSR count). The van der Waals surface area contributed by atoms with Gasteiger partial charge in [0.1, 0.15) is 4.88 Å². The first kappa shape index (κ1) is 26.4. The van der Waals surface area contributed by atoms with Crippen LogP contribution in [0.15, 0.2) is 12.1 Å². The molecule has 1 aromatic heterocycles. The third-order valence-electron chi connectivity index (χ3n) is 8.58. The predicted molar refractivity (Wildman–Crippen MR) is 143 cm³/mol. The maximum Gasteiger partial charge on any atom is 0.350 e. The van der Waals surface area contributed by atoms with Crippen molar-refractivity contribution >= 4 is 34.5 Å². The number of thiophene rings is 1. The largest absolute Gasteiger partial charge is 0.465 e. The van der Waals surface area contributed by atoms with Crippen molar-refractivity contribution in [3.63, 3.8) is 0 Å². The summed E-state index contributed by atoms with van der Waals surface area (Å²) in [5, 5.41) is 0. The van der Waals surface area contributed by atoms with Crippen molar-refractivity contribution in [2.75, 3.05) is 19.1 Å². The molecule has 0 aliphatic heterocycles. The van der Waals surface area contributed by atoms with Gasteiger partial charge in [-0.15, -0.1) is 11.3 Å². The fraction of sp³-hybridized carbons (Fsp3) is 0.724. The van der Waals surface area contributed by atoms with E-state index in [2.05, 4.69) is 32.9 Å². The number of esters is 1. The number of hydrogen-bond donors (Lipinski definition) is 0. The Hall–Kier alpha value is -1.66. The molecule has 2 fully saturated rings. The summed E-state index contributed by atoms with van der Waals surface area (Å²) in [5.41, 5.74) is 2.38. The van der Waals surface area contributed by atoms with Gasteiger partial charge in [0, 0.05) is 23.9 Å². The molecule has 1 amide bonds. The monoisotopic (exact) mass is 501 g/mol. The fourth-order valence-electron chi connectivity index (χ4n) is 6.00. The highest BCUT2D eigenvalue weighted by molar-refractivity contribution is 7.15. The lowest BCUT2D eigenvalue weighted by molar-refractivity contribution is -0.124. The number of hydrogen-bond acceptors (Lipinski definition) is 5. The minimum Gasteiger partial charge on any atom is -0.465 e. The van der Waals surface area contributed by atoms with Gasteiger partial charge in [-0.1, -0.05) is 26.8 Å². The number of rotatable bonds is 6.